The molecule has 2 amide bonds. The van der Waals surface area contributed by atoms with Crippen LogP contribution < -0.4 is 15.3 Å². The van der Waals surface area contributed by atoms with E-state index in [9.17, 15) is 18.0 Å². The Kier molecular flexibility index (Phi) is 11.7. The van der Waals surface area contributed by atoms with Crippen molar-refractivity contribution in [3.8, 4) is 0 Å². The number of hydrogen-bond acceptors (Lipinski definition) is 6. The summed E-state index contributed by atoms with van der Waals surface area (Å²) in [5.74, 6) is -2.65. The van der Waals surface area contributed by atoms with Gasteiger partial charge in [0, 0.05) is 13.0 Å². The first-order chi connectivity index (χ1) is 19.1. The van der Waals surface area contributed by atoms with Gasteiger partial charge in [0.1, 0.15) is 0 Å². The number of nitrogens with zero attached hydrogens (tertiary/aromatic N) is 1. The Bertz CT molecular complexity index is 1240. The number of carbonyl (C=O) groups excluding carboxylic acids is 2. The van der Waals surface area contributed by atoms with Crippen molar-refractivity contribution in [1.82, 2.24) is 10.9 Å². The smallest absolute Gasteiger partial charge is 0.249 e. The molecule has 0 saturated carbocycles. The van der Waals surface area contributed by atoms with Crippen LogP contribution in [-0.4, -0.2) is 39.4 Å². The summed E-state index contributed by atoms with van der Waals surface area (Å²) in [7, 11) is -3.88. The first-order valence-corrected chi connectivity index (χ1v) is 15.6. The number of allylic oxidation sites excluding steroid dienone is 1. The van der Waals surface area contributed by atoms with Gasteiger partial charge in [-0.2, -0.15) is 4.41 Å². The fourth-order valence-electron chi connectivity index (χ4n) is 4.63. The molecule has 1 unspecified atom stereocenters. The maximum Gasteiger partial charge on any atom is 0.249 e. The van der Waals surface area contributed by atoms with Crippen molar-refractivity contribution in [1.29, 1.82) is 0 Å². The summed E-state index contributed by atoms with van der Waals surface area (Å²) in [5.41, 5.74) is 7.10. The van der Waals surface area contributed by atoms with Gasteiger partial charge in [-0.05, 0) is 55.7 Å². The molecule has 3 atom stereocenters. The van der Waals surface area contributed by atoms with E-state index in [-0.39, 0.29) is 12.3 Å². The highest BCUT2D eigenvalue weighted by Gasteiger charge is 2.36. The molecule has 40 heavy (non-hydrogen) atoms. The summed E-state index contributed by atoms with van der Waals surface area (Å²) in [5, 5.41) is 0. The largest absolute Gasteiger partial charge is 0.350 e. The quantitative estimate of drug-likeness (QED) is 0.336. The van der Waals surface area contributed by atoms with Gasteiger partial charge in [-0.3, -0.25) is 15.0 Å². The molecule has 2 aromatic carbocycles. The molecule has 1 saturated heterocycles. The van der Waals surface area contributed by atoms with Gasteiger partial charge in [0.2, 0.25) is 21.8 Å². The van der Waals surface area contributed by atoms with E-state index in [1.54, 1.807) is 31.2 Å². The number of hydrazine groups is 1. The van der Waals surface area contributed by atoms with Crippen LogP contribution in [0.4, 0.5) is 5.69 Å². The molecule has 1 aliphatic heterocycles. The van der Waals surface area contributed by atoms with Crippen LogP contribution in [0.3, 0.4) is 0 Å². The molecule has 2 aromatic rings. The minimum absolute atomic E-state index is 0.0527. The number of nitrogens with one attached hydrogen (secondary N) is 2. The Morgan fingerprint density at radius 3 is 2.38 bits per heavy atom. The average Bonchev–Trinajstić information content (AvgIpc) is 2.92. The van der Waals surface area contributed by atoms with Crippen LogP contribution in [0.1, 0.15) is 57.1 Å². The Morgan fingerprint density at radius 1 is 1.05 bits per heavy atom. The Morgan fingerprint density at radius 2 is 1.75 bits per heavy atom. The molecule has 0 spiro atoms. The van der Waals surface area contributed by atoms with Gasteiger partial charge in [0.05, 0.1) is 23.8 Å². The van der Waals surface area contributed by atoms with Crippen molar-refractivity contribution in [2.45, 2.75) is 59.2 Å². The van der Waals surface area contributed by atoms with Crippen molar-refractivity contribution in [3.05, 3.63) is 71.8 Å². The zero-order valence-electron chi connectivity index (χ0n) is 23.7. The Hall–Kier alpha value is -3.21. The Labute approximate surface area is 237 Å². The lowest BCUT2D eigenvalue weighted by atomic mass is 9.82. The third-order valence-corrected chi connectivity index (χ3v) is 7.64. The van der Waals surface area contributed by atoms with Crippen molar-refractivity contribution in [3.63, 3.8) is 0 Å². The molecule has 0 aliphatic carbocycles. The predicted molar refractivity (Wildman–Crippen MR) is 156 cm³/mol. The number of rotatable bonds is 13. The molecule has 2 N–H and O–H groups in total. The molecule has 0 aromatic heterocycles. The monoisotopic (exact) mass is 571 g/mol. The second kappa shape index (κ2) is 15.0. The highest BCUT2D eigenvalue weighted by atomic mass is 32.2. The molecule has 1 heterocycles. The molecule has 0 bridgehead atoms. The maximum atomic E-state index is 13.8. The van der Waals surface area contributed by atoms with E-state index in [2.05, 4.69) is 10.9 Å². The number of benzene rings is 2. The first-order valence-electron chi connectivity index (χ1n) is 13.7. The highest BCUT2D eigenvalue weighted by Crippen LogP contribution is 2.27. The molecule has 1 aliphatic rings. The SMILES string of the molecule is Cc1ccccc1N(NC(=O)[C@H](CC(C)C)[C@H](CC=Cc1ccccc1)C(=O)NOC1CCCCO1)S(C)(=O)=O. The van der Waals surface area contributed by atoms with E-state index < -0.39 is 40.0 Å². The molecule has 3 rings (SSSR count). The molecule has 0 radical (unpaired) electrons. The normalized spacial score (nSPS) is 17.4. The number of para-hydroxylation sites is 1. The van der Waals surface area contributed by atoms with Gasteiger partial charge in [-0.25, -0.2) is 18.7 Å². The minimum Gasteiger partial charge on any atom is -0.350 e. The van der Waals surface area contributed by atoms with Crippen molar-refractivity contribution < 1.29 is 27.6 Å². The van der Waals surface area contributed by atoms with Crippen LogP contribution in [0.5, 0.6) is 0 Å². The fourth-order valence-corrected chi connectivity index (χ4v) is 5.45. The van der Waals surface area contributed by atoms with Crippen LogP contribution in [0.2, 0.25) is 0 Å². The van der Waals surface area contributed by atoms with Gasteiger partial charge >= 0.3 is 0 Å². The molecule has 218 valence electrons. The van der Waals surface area contributed by atoms with Crippen LogP contribution in [-0.2, 0) is 29.2 Å². The number of ether oxygens (including phenoxy) is 1. The van der Waals surface area contributed by atoms with E-state index >= 15 is 0 Å². The van der Waals surface area contributed by atoms with Crippen molar-refractivity contribution >= 4 is 33.6 Å². The van der Waals surface area contributed by atoms with Crippen LogP contribution in [0.15, 0.2) is 60.7 Å². The van der Waals surface area contributed by atoms with Crippen molar-refractivity contribution in [2.75, 3.05) is 17.3 Å². The summed E-state index contributed by atoms with van der Waals surface area (Å²) < 4.78 is 32.0. The van der Waals surface area contributed by atoms with Gasteiger partial charge in [0.25, 0.3) is 0 Å². The van der Waals surface area contributed by atoms with Crippen molar-refractivity contribution in [2.24, 2.45) is 17.8 Å². The predicted octanol–water partition coefficient (Wildman–Crippen LogP) is 4.75. The molecule has 1 fully saturated rings. The number of sulfonamides is 1. The lowest BCUT2D eigenvalue weighted by Gasteiger charge is -2.31. The molecule has 9 nitrogen and oxygen atoms in total. The summed E-state index contributed by atoms with van der Waals surface area (Å²) in [6.07, 6.45) is 7.36. The minimum atomic E-state index is -3.88. The van der Waals surface area contributed by atoms with Gasteiger partial charge in [-0.15, -0.1) is 0 Å². The number of aryl methyl sites for hydroxylation is 1. The third-order valence-electron chi connectivity index (χ3n) is 6.69. The van der Waals surface area contributed by atoms with E-state index in [0.29, 0.717) is 30.7 Å². The number of anilines is 1. The number of amides is 2. The van der Waals surface area contributed by atoms with E-state index in [1.165, 1.54) is 0 Å². The number of hydroxylamine groups is 1. The second-order valence-electron chi connectivity index (χ2n) is 10.6. The van der Waals surface area contributed by atoms with Gasteiger partial charge < -0.3 is 4.74 Å². The van der Waals surface area contributed by atoms with Gasteiger partial charge in [-0.1, -0.05) is 74.5 Å². The summed E-state index contributed by atoms with van der Waals surface area (Å²) in [6.45, 7) is 6.23. The summed E-state index contributed by atoms with van der Waals surface area (Å²) >= 11 is 0. The van der Waals surface area contributed by atoms with E-state index in [1.807, 2.05) is 56.3 Å². The molecular formula is C30H41N3O6S. The standard InChI is InChI=1S/C30H41N3O6S/c1-22(2)21-26(29(34)31-33(40(4,36)37)27-18-9-8-13-23(27)3)25(17-12-16-24-14-6-5-7-15-24)30(35)32-39-28-19-10-11-20-38-28/h5-9,12-16,18,22,25-26,28H,10-11,17,19-21H2,1-4H3,(H,31,34)(H,32,35)/t25-,26+,28?/m0/s1. The Balaban J connectivity index is 1.89. The van der Waals surface area contributed by atoms with Crippen LogP contribution in [0, 0.1) is 24.7 Å². The van der Waals surface area contributed by atoms with E-state index in [4.69, 9.17) is 9.57 Å². The van der Waals surface area contributed by atoms with Crippen LogP contribution in [0.25, 0.3) is 6.08 Å². The lowest BCUT2D eigenvalue weighted by Crippen LogP contribution is -2.51. The topological polar surface area (TPSA) is 114 Å². The summed E-state index contributed by atoms with van der Waals surface area (Å²) in [6, 6.07) is 16.5. The second-order valence-corrected chi connectivity index (χ2v) is 12.4. The first kappa shape index (κ1) is 31.3. The maximum absolute atomic E-state index is 13.8. The van der Waals surface area contributed by atoms with E-state index in [0.717, 1.165) is 29.1 Å². The lowest BCUT2D eigenvalue weighted by molar-refractivity contribution is -0.203. The molecule has 10 heteroatoms. The third kappa shape index (κ3) is 9.46. The number of hydrogen-bond donors (Lipinski definition) is 2. The number of carbonyl (C=O) groups is 2. The zero-order valence-corrected chi connectivity index (χ0v) is 24.5. The van der Waals surface area contributed by atoms with Crippen LogP contribution >= 0.6 is 0 Å². The van der Waals surface area contributed by atoms with Gasteiger partial charge in [0.15, 0.2) is 6.29 Å². The highest BCUT2D eigenvalue weighted by molar-refractivity contribution is 7.92. The zero-order chi connectivity index (χ0) is 29.1. The average molecular weight is 572 g/mol. The fraction of sp³-hybridized carbons (Fsp3) is 0.467. The summed E-state index contributed by atoms with van der Waals surface area (Å²) in [4.78, 5) is 32.9. The molecular weight excluding hydrogens is 530 g/mol.